The number of benzene rings is 1. The van der Waals surface area contributed by atoms with Crippen molar-refractivity contribution in [1.82, 2.24) is 5.32 Å². The Morgan fingerprint density at radius 1 is 1.19 bits per heavy atom. The van der Waals surface area contributed by atoms with Crippen LogP contribution in [0.25, 0.3) is 0 Å². The van der Waals surface area contributed by atoms with Gasteiger partial charge in [-0.2, -0.15) is 0 Å². The zero-order chi connectivity index (χ0) is 15.8. The van der Waals surface area contributed by atoms with E-state index in [-0.39, 0.29) is 12.0 Å². The summed E-state index contributed by atoms with van der Waals surface area (Å²) in [6.07, 6.45) is 0.589. The minimum Gasteiger partial charge on any atom is -0.481 e. The molecule has 0 radical (unpaired) electrons. The first-order chi connectivity index (χ1) is 9.90. The topological polar surface area (TPSA) is 75.6 Å². The van der Waals surface area contributed by atoms with Gasteiger partial charge in [-0.25, -0.2) is 0 Å². The molecule has 116 valence electrons. The molecule has 5 nitrogen and oxygen atoms in total. The number of rotatable bonds is 8. The average Bonchev–Trinajstić information content (AvgIpc) is 2.45. The number of hydrogen-bond donors (Lipinski definition) is 2. The third kappa shape index (κ3) is 6.40. The second-order valence-corrected chi connectivity index (χ2v) is 5.34. The molecule has 0 spiro atoms. The van der Waals surface area contributed by atoms with Gasteiger partial charge in [0.15, 0.2) is 0 Å². The van der Waals surface area contributed by atoms with Crippen molar-refractivity contribution in [2.75, 3.05) is 6.54 Å². The van der Waals surface area contributed by atoms with Crippen molar-refractivity contribution >= 4 is 11.9 Å². The summed E-state index contributed by atoms with van der Waals surface area (Å²) in [5.41, 5.74) is 1.58. The highest BCUT2D eigenvalue weighted by molar-refractivity contribution is 5.94. The molecule has 0 aromatic heterocycles. The van der Waals surface area contributed by atoms with Gasteiger partial charge < -0.3 is 15.2 Å². The Morgan fingerprint density at radius 3 is 2.33 bits per heavy atom. The van der Waals surface area contributed by atoms with Gasteiger partial charge in [0.2, 0.25) is 0 Å². The van der Waals surface area contributed by atoms with Crippen LogP contribution in [0.1, 0.15) is 43.1 Å². The summed E-state index contributed by atoms with van der Waals surface area (Å²) < 4.78 is 5.49. The molecule has 1 unspecified atom stereocenters. The lowest BCUT2D eigenvalue weighted by atomic mass is 10.1. The van der Waals surface area contributed by atoms with Gasteiger partial charge in [-0.15, -0.1) is 0 Å². The highest BCUT2D eigenvalue weighted by Crippen LogP contribution is 2.07. The Morgan fingerprint density at radius 2 is 1.81 bits per heavy atom. The minimum absolute atomic E-state index is 0.171. The molecule has 1 amide bonds. The number of amides is 1. The van der Waals surface area contributed by atoms with E-state index >= 15 is 0 Å². The molecule has 21 heavy (non-hydrogen) atoms. The normalized spacial score (nSPS) is 12.2. The molecule has 0 aliphatic heterocycles. The molecule has 0 bridgehead atoms. The fourth-order valence-corrected chi connectivity index (χ4v) is 1.64. The Bertz CT molecular complexity index is 468. The van der Waals surface area contributed by atoms with Crippen LogP contribution in [0.15, 0.2) is 24.3 Å². The summed E-state index contributed by atoms with van der Waals surface area (Å²) in [6.45, 7) is 6.44. The minimum atomic E-state index is -0.848. The van der Waals surface area contributed by atoms with E-state index < -0.39 is 11.9 Å². The van der Waals surface area contributed by atoms with Crippen LogP contribution in [0, 0.1) is 5.92 Å². The molecular weight excluding hydrogens is 270 g/mol. The van der Waals surface area contributed by atoms with Gasteiger partial charge in [0.1, 0.15) is 0 Å². The van der Waals surface area contributed by atoms with Crippen molar-refractivity contribution in [1.29, 1.82) is 0 Å². The maximum atomic E-state index is 11.9. The van der Waals surface area contributed by atoms with Crippen LogP contribution in [0.5, 0.6) is 0 Å². The molecule has 0 aliphatic carbocycles. The molecule has 0 aliphatic rings. The average molecular weight is 293 g/mol. The summed E-state index contributed by atoms with van der Waals surface area (Å²) in [5.74, 6) is -1.50. The summed E-state index contributed by atoms with van der Waals surface area (Å²) in [4.78, 5) is 22.6. The van der Waals surface area contributed by atoms with Crippen LogP contribution < -0.4 is 5.32 Å². The second-order valence-electron chi connectivity index (χ2n) is 5.34. The summed E-state index contributed by atoms with van der Waals surface area (Å²) in [6, 6.07) is 7.21. The molecule has 0 fully saturated rings. The van der Waals surface area contributed by atoms with E-state index in [0.717, 1.165) is 5.56 Å². The van der Waals surface area contributed by atoms with Gasteiger partial charge in [0, 0.05) is 12.1 Å². The van der Waals surface area contributed by atoms with Crippen LogP contribution in [-0.2, 0) is 16.1 Å². The number of aliphatic carboxylic acids is 1. The number of carbonyl (C=O) groups is 2. The first-order valence-electron chi connectivity index (χ1n) is 7.11. The van der Waals surface area contributed by atoms with Gasteiger partial charge in [0.05, 0.1) is 18.6 Å². The van der Waals surface area contributed by atoms with Gasteiger partial charge in [-0.1, -0.05) is 19.1 Å². The second kappa shape index (κ2) is 8.42. The van der Waals surface area contributed by atoms with Crippen LogP contribution in [0.2, 0.25) is 0 Å². The van der Waals surface area contributed by atoms with Crippen LogP contribution in [0.3, 0.4) is 0 Å². The number of hydrogen-bond acceptors (Lipinski definition) is 3. The lowest BCUT2D eigenvalue weighted by molar-refractivity contribution is -0.141. The summed E-state index contributed by atoms with van der Waals surface area (Å²) in [7, 11) is 0. The Balaban J connectivity index is 2.42. The maximum absolute atomic E-state index is 11.9. The van der Waals surface area contributed by atoms with Gasteiger partial charge in [-0.3, -0.25) is 9.59 Å². The zero-order valence-electron chi connectivity index (χ0n) is 12.8. The number of carbonyl (C=O) groups excluding carboxylic acids is 1. The van der Waals surface area contributed by atoms with Crippen molar-refractivity contribution in [3.63, 3.8) is 0 Å². The summed E-state index contributed by atoms with van der Waals surface area (Å²) >= 11 is 0. The van der Waals surface area contributed by atoms with E-state index in [4.69, 9.17) is 9.84 Å². The van der Waals surface area contributed by atoms with Gasteiger partial charge in [0.25, 0.3) is 5.91 Å². The highest BCUT2D eigenvalue weighted by Gasteiger charge is 2.11. The monoisotopic (exact) mass is 293 g/mol. The first kappa shape index (κ1) is 17.2. The number of nitrogens with one attached hydrogen (secondary N) is 1. The third-order valence-electron chi connectivity index (χ3n) is 3.08. The van der Waals surface area contributed by atoms with E-state index in [9.17, 15) is 9.59 Å². The molecule has 1 rings (SSSR count). The standard InChI is InChI=1S/C16H23NO4/c1-11(2)21-10-13-4-6-14(7-5-13)15(18)17-9-8-12(3)16(19)20/h4-7,11-12H,8-10H2,1-3H3,(H,17,18)(H,19,20). The Labute approximate surface area is 125 Å². The molecule has 0 saturated carbocycles. The van der Waals surface area contributed by atoms with Crippen LogP contribution in [0.4, 0.5) is 0 Å². The Hall–Kier alpha value is -1.88. The smallest absolute Gasteiger partial charge is 0.306 e. The highest BCUT2D eigenvalue weighted by atomic mass is 16.5. The predicted octanol–water partition coefficient (Wildman–Crippen LogP) is 2.45. The van der Waals surface area contributed by atoms with Crippen molar-refractivity contribution in [2.24, 2.45) is 5.92 Å². The van der Waals surface area contributed by atoms with Crippen molar-refractivity contribution in [3.8, 4) is 0 Å². The van der Waals surface area contributed by atoms with E-state index in [1.807, 2.05) is 26.0 Å². The number of carboxylic acids is 1. The molecular formula is C16H23NO4. The molecule has 1 aromatic carbocycles. The molecule has 1 aromatic rings. The van der Waals surface area contributed by atoms with Crippen LogP contribution >= 0.6 is 0 Å². The van der Waals surface area contributed by atoms with E-state index in [2.05, 4.69) is 5.32 Å². The fraction of sp³-hybridized carbons (Fsp3) is 0.500. The lowest BCUT2D eigenvalue weighted by Crippen LogP contribution is -2.27. The molecule has 5 heteroatoms. The molecule has 0 saturated heterocycles. The van der Waals surface area contributed by atoms with E-state index in [0.29, 0.717) is 25.1 Å². The zero-order valence-corrected chi connectivity index (χ0v) is 12.8. The first-order valence-corrected chi connectivity index (χ1v) is 7.11. The van der Waals surface area contributed by atoms with Crippen molar-refractivity contribution < 1.29 is 19.4 Å². The predicted molar refractivity (Wildman–Crippen MR) is 80.1 cm³/mol. The molecule has 0 heterocycles. The van der Waals surface area contributed by atoms with Gasteiger partial charge >= 0.3 is 5.97 Å². The largest absolute Gasteiger partial charge is 0.481 e. The van der Waals surface area contributed by atoms with Crippen molar-refractivity contribution in [3.05, 3.63) is 35.4 Å². The van der Waals surface area contributed by atoms with Crippen LogP contribution in [-0.4, -0.2) is 29.6 Å². The van der Waals surface area contributed by atoms with E-state index in [1.165, 1.54) is 0 Å². The SMILES string of the molecule is CC(C)OCc1ccc(C(=O)NCCC(C)C(=O)O)cc1. The van der Waals surface area contributed by atoms with Crippen molar-refractivity contribution in [2.45, 2.75) is 39.9 Å². The third-order valence-corrected chi connectivity index (χ3v) is 3.08. The van der Waals surface area contributed by atoms with E-state index in [1.54, 1.807) is 19.1 Å². The Kier molecular flexibility index (Phi) is 6.88. The molecule has 1 atom stereocenters. The maximum Gasteiger partial charge on any atom is 0.306 e. The number of carboxylic acid groups (broad SMARTS) is 1. The number of ether oxygens (including phenoxy) is 1. The molecule has 2 N–H and O–H groups in total. The summed E-state index contributed by atoms with van der Waals surface area (Å²) in [5, 5.41) is 11.5. The lowest BCUT2D eigenvalue weighted by Gasteiger charge is -2.09. The fourth-order valence-electron chi connectivity index (χ4n) is 1.64. The quantitative estimate of drug-likeness (QED) is 0.772. The van der Waals surface area contributed by atoms with Gasteiger partial charge in [-0.05, 0) is 38.0 Å².